The fraction of sp³-hybridized carbons (Fsp3) is 0.250. The van der Waals surface area contributed by atoms with Gasteiger partial charge in [-0.15, -0.1) is 0 Å². The van der Waals surface area contributed by atoms with Crippen LogP contribution in [0.4, 0.5) is 0 Å². The minimum absolute atomic E-state index is 0.0154. The molecule has 0 atom stereocenters. The van der Waals surface area contributed by atoms with Crippen LogP contribution in [0.5, 0.6) is 5.75 Å². The highest BCUT2D eigenvalue weighted by Crippen LogP contribution is 2.30. The molecule has 32 heavy (non-hydrogen) atoms. The van der Waals surface area contributed by atoms with Crippen molar-refractivity contribution >= 4 is 11.9 Å². The zero-order chi connectivity index (χ0) is 22.9. The van der Waals surface area contributed by atoms with E-state index in [1.54, 1.807) is 48.5 Å². The maximum absolute atomic E-state index is 12.7. The molecule has 0 N–H and O–H groups in total. The molecule has 0 fully saturated rings. The summed E-state index contributed by atoms with van der Waals surface area (Å²) < 4.78 is 16.9. The topological polar surface area (TPSA) is 103 Å². The number of hydrogen-bond acceptors (Lipinski definition) is 7. The second kappa shape index (κ2) is 10.8. The minimum atomic E-state index is -0.703. The first kappa shape index (κ1) is 22.6. The first-order valence-corrected chi connectivity index (χ1v) is 10.1. The number of ether oxygens (including phenoxy) is 3. The molecule has 0 amide bonds. The molecule has 164 valence electrons. The van der Waals surface area contributed by atoms with Gasteiger partial charge < -0.3 is 14.2 Å². The molecule has 0 unspecified atom stereocenters. The normalized spacial score (nSPS) is 10.3. The molecule has 0 radical (unpaired) electrons. The number of rotatable bonds is 9. The molecular weight excluding hydrogens is 410 g/mol. The number of esters is 2. The number of nitriles is 1. The SMILES string of the molecule is COC(=O)c1c(-c2ccc(OCCCCC#N)cc2)nn(-c2ccccc2)c1C(=O)OC. The van der Waals surface area contributed by atoms with E-state index in [2.05, 4.69) is 11.2 Å². The second-order valence-corrected chi connectivity index (χ2v) is 6.79. The van der Waals surface area contributed by atoms with Crippen LogP contribution in [0.25, 0.3) is 16.9 Å². The Bertz CT molecular complexity index is 1120. The van der Waals surface area contributed by atoms with Gasteiger partial charge in [0.1, 0.15) is 17.0 Å². The predicted molar refractivity (Wildman–Crippen MR) is 117 cm³/mol. The molecule has 0 aliphatic heterocycles. The molecule has 0 bridgehead atoms. The number of unbranched alkanes of at least 4 members (excludes halogenated alkanes) is 2. The summed E-state index contributed by atoms with van der Waals surface area (Å²) in [6.07, 6.45) is 2.07. The minimum Gasteiger partial charge on any atom is -0.494 e. The predicted octanol–water partition coefficient (Wildman–Crippen LogP) is 4.19. The van der Waals surface area contributed by atoms with Gasteiger partial charge in [-0.05, 0) is 49.2 Å². The van der Waals surface area contributed by atoms with E-state index in [1.807, 2.05) is 6.07 Å². The molecule has 0 saturated carbocycles. The van der Waals surface area contributed by atoms with Crippen molar-refractivity contribution in [3.63, 3.8) is 0 Å². The fourth-order valence-electron chi connectivity index (χ4n) is 3.16. The van der Waals surface area contributed by atoms with Crippen LogP contribution in [-0.2, 0) is 9.47 Å². The molecule has 8 nitrogen and oxygen atoms in total. The van der Waals surface area contributed by atoms with Gasteiger partial charge in [-0.2, -0.15) is 10.4 Å². The van der Waals surface area contributed by atoms with Gasteiger partial charge in [0.15, 0.2) is 5.69 Å². The van der Waals surface area contributed by atoms with Crippen LogP contribution in [0, 0.1) is 11.3 Å². The van der Waals surface area contributed by atoms with Gasteiger partial charge in [0.05, 0.1) is 32.6 Å². The van der Waals surface area contributed by atoms with Gasteiger partial charge in [-0.1, -0.05) is 18.2 Å². The average Bonchev–Trinajstić information content (AvgIpc) is 3.24. The van der Waals surface area contributed by atoms with E-state index >= 15 is 0 Å². The van der Waals surface area contributed by atoms with Crippen molar-refractivity contribution in [2.24, 2.45) is 0 Å². The molecule has 0 spiro atoms. The standard InChI is InChI=1S/C24H23N3O5/c1-30-23(28)20-21(17-11-13-19(14-12-17)32-16-8-4-7-15-25)26-27(22(20)24(29)31-2)18-9-5-3-6-10-18/h3,5-6,9-14H,4,7-8,16H2,1-2H3. The number of benzene rings is 2. The van der Waals surface area contributed by atoms with E-state index < -0.39 is 11.9 Å². The third kappa shape index (κ3) is 4.95. The molecule has 1 heterocycles. The van der Waals surface area contributed by atoms with Crippen LogP contribution in [0.15, 0.2) is 54.6 Å². The lowest BCUT2D eigenvalue weighted by Crippen LogP contribution is -2.15. The zero-order valence-electron chi connectivity index (χ0n) is 17.9. The molecule has 2 aromatic carbocycles. The number of methoxy groups -OCH3 is 2. The Kier molecular flexibility index (Phi) is 7.60. The summed E-state index contributed by atoms with van der Waals surface area (Å²) in [6.45, 7) is 0.504. The molecule has 8 heteroatoms. The van der Waals surface area contributed by atoms with Crippen molar-refractivity contribution in [3.05, 3.63) is 65.9 Å². The highest BCUT2D eigenvalue weighted by Gasteiger charge is 2.31. The quantitative estimate of drug-likeness (QED) is 0.368. The Morgan fingerprint density at radius 2 is 1.66 bits per heavy atom. The highest BCUT2D eigenvalue weighted by atomic mass is 16.5. The molecule has 0 aliphatic rings. The number of carbonyl (C=O) groups is 2. The Hall–Kier alpha value is -4.12. The third-order valence-electron chi connectivity index (χ3n) is 4.73. The maximum Gasteiger partial charge on any atom is 0.357 e. The van der Waals surface area contributed by atoms with Gasteiger partial charge in [-0.3, -0.25) is 0 Å². The van der Waals surface area contributed by atoms with E-state index in [9.17, 15) is 9.59 Å². The van der Waals surface area contributed by atoms with E-state index in [-0.39, 0.29) is 11.3 Å². The first-order valence-electron chi connectivity index (χ1n) is 10.1. The molecular formula is C24H23N3O5. The van der Waals surface area contributed by atoms with Crippen molar-refractivity contribution in [3.8, 4) is 28.8 Å². The zero-order valence-corrected chi connectivity index (χ0v) is 17.9. The van der Waals surface area contributed by atoms with Gasteiger partial charge in [0.25, 0.3) is 0 Å². The molecule has 0 aliphatic carbocycles. The summed E-state index contributed by atoms with van der Waals surface area (Å²) in [4.78, 5) is 25.3. The lowest BCUT2D eigenvalue weighted by Gasteiger charge is -2.07. The number of nitrogens with zero attached hydrogens (tertiary/aromatic N) is 3. The Morgan fingerprint density at radius 3 is 2.28 bits per heavy atom. The molecule has 3 rings (SSSR count). The van der Waals surface area contributed by atoms with Gasteiger partial charge >= 0.3 is 11.9 Å². The molecule has 3 aromatic rings. The molecule has 0 saturated heterocycles. The van der Waals surface area contributed by atoms with Crippen LogP contribution in [0.2, 0.25) is 0 Å². The Morgan fingerprint density at radius 1 is 0.969 bits per heavy atom. The van der Waals surface area contributed by atoms with E-state index in [0.717, 1.165) is 12.8 Å². The average molecular weight is 433 g/mol. The third-order valence-corrected chi connectivity index (χ3v) is 4.73. The summed E-state index contributed by atoms with van der Waals surface area (Å²) in [6, 6.07) is 18.1. The largest absolute Gasteiger partial charge is 0.494 e. The van der Waals surface area contributed by atoms with E-state index in [4.69, 9.17) is 19.5 Å². The van der Waals surface area contributed by atoms with Crippen LogP contribution in [-0.4, -0.2) is 42.5 Å². The van der Waals surface area contributed by atoms with Crippen LogP contribution >= 0.6 is 0 Å². The number of carbonyl (C=O) groups excluding carboxylic acids is 2. The molecule has 1 aromatic heterocycles. The lowest BCUT2D eigenvalue weighted by atomic mass is 10.1. The Balaban J connectivity index is 2.00. The van der Waals surface area contributed by atoms with Crippen molar-refractivity contribution in [1.82, 2.24) is 9.78 Å². The van der Waals surface area contributed by atoms with E-state index in [1.165, 1.54) is 18.9 Å². The first-order chi connectivity index (χ1) is 15.6. The van der Waals surface area contributed by atoms with Crippen molar-refractivity contribution in [1.29, 1.82) is 5.26 Å². The lowest BCUT2D eigenvalue weighted by molar-refractivity contribution is 0.0549. The highest BCUT2D eigenvalue weighted by molar-refractivity contribution is 6.06. The van der Waals surface area contributed by atoms with Crippen LogP contribution < -0.4 is 4.74 Å². The summed E-state index contributed by atoms with van der Waals surface area (Å²) in [5, 5.41) is 13.1. The maximum atomic E-state index is 12.7. The summed E-state index contributed by atoms with van der Waals surface area (Å²) in [5.41, 5.74) is 1.51. The van der Waals surface area contributed by atoms with Crippen LogP contribution in [0.1, 0.15) is 40.1 Å². The number of hydrogen-bond donors (Lipinski definition) is 0. The summed E-state index contributed by atoms with van der Waals surface area (Å²) in [7, 11) is 2.49. The summed E-state index contributed by atoms with van der Waals surface area (Å²) >= 11 is 0. The summed E-state index contributed by atoms with van der Waals surface area (Å²) in [5.74, 6) is -0.744. The smallest absolute Gasteiger partial charge is 0.357 e. The fourth-order valence-corrected chi connectivity index (χ4v) is 3.16. The number of aromatic nitrogens is 2. The van der Waals surface area contributed by atoms with Crippen molar-refractivity contribution < 1.29 is 23.8 Å². The van der Waals surface area contributed by atoms with E-state index in [0.29, 0.717) is 35.7 Å². The van der Waals surface area contributed by atoms with Gasteiger partial charge in [-0.25, -0.2) is 14.3 Å². The second-order valence-electron chi connectivity index (χ2n) is 6.79. The van der Waals surface area contributed by atoms with Crippen molar-refractivity contribution in [2.45, 2.75) is 19.3 Å². The Labute approximate surface area is 185 Å². The van der Waals surface area contributed by atoms with Crippen LogP contribution in [0.3, 0.4) is 0 Å². The number of para-hydroxylation sites is 1. The van der Waals surface area contributed by atoms with Gasteiger partial charge in [0.2, 0.25) is 0 Å². The van der Waals surface area contributed by atoms with Crippen molar-refractivity contribution in [2.75, 3.05) is 20.8 Å². The van der Waals surface area contributed by atoms with Gasteiger partial charge in [0, 0.05) is 12.0 Å². The monoisotopic (exact) mass is 433 g/mol.